The lowest BCUT2D eigenvalue weighted by atomic mass is 10.00. The largest absolute Gasteiger partial charge is 0.462 e. The van der Waals surface area contributed by atoms with Crippen LogP contribution in [0.1, 0.15) is 155 Å². The van der Waals surface area contributed by atoms with E-state index in [0.29, 0.717) is 12.8 Å². The van der Waals surface area contributed by atoms with Crippen molar-refractivity contribution in [3.05, 3.63) is 85.1 Å². The quantitative estimate of drug-likeness (QED) is 0.0201. The van der Waals surface area contributed by atoms with Gasteiger partial charge in [-0.2, -0.15) is 8.42 Å². The number of unbranched alkanes of at least 4 members (excludes halogenated alkanes) is 11. The Morgan fingerprint density at radius 3 is 1.53 bits per heavy atom. The third-order valence-electron chi connectivity index (χ3n) is 9.96. The van der Waals surface area contributed by atoms with Crippen LogP contribution in [-0.2, 0) is 38.7 Å². The van der Waals surface area contributed by atoms with Crippen molar-refractivity contribution in [2.24, 2.45) is 0 Å². The van der Waals surface area contributed by atoms with Crippen molar-refractivity contribution in [2.75, 3.05) is 19.0 Å². The van der Waals surface area contributed by atoms with Crippen molar-refractivity contribution >= 4 is 22.1 Å². The molecule has 1 aliphatic rings. The summed E-state index contributed by atoms with van der Waals surface area (Å²) in [5.74, 6) is -2.06. The Hall–Kier alpha value is -3.17. The number of aliphatic hydroxyl groups excluding tert-OH is 3. The van der Waals surface area contributed by atoms with Gasteiger partial charge in [-0.15, -0.1) is 0 Å². The van der Waals surface area contributed by atoms with E-state index in [-0.39, 0.29) is 19.4 Å². The Morgan fingerprint density at radius 1 is 0.565 bits per heavy atom. The molecule has 12 nitrogen and oxygen atoms in total. The molecule has 4 N–H and O–H groups in total. The fourth-order valence-corrected chi connectivity index (χ4v) is 7.07. The molecule has 0 aromatic heterocycles. The van der Waals surface area contributed by atoms with Crippen LogP contribution in [0.5, 0.6) is 0 Å². The van der Waals surface area contributed by atoms with E-state index >= 15 is 0 Å². The van der Waals surface area contributed by atoms with E-state index in [1.54, 1.807) is 0 Å². The molecule has 0 aromatic rings. The Bertz CT molecular complexity index is 1460. The summed E-state index contributed by atoms with van der Waals surface area (Å²) < 4.78 is 54.1. The number of carbonyl (C=O) groups excluding carboxylic acids is 2. The first-order valence-electron chi connectivity index (χ1n) is 23.1. The maximum Gasteiger partial charge on any atom is 0.306 e. The minimum atomic E-state index is -4.61. The van der Waals surface area contributed by atoms with Gasteiger partial charge in [-0.05, 0) is 89.9 Å². The van der Waals surface area contributed by atoms with Gasteiger partial charge in [0.25, 0.3) is 10.1 Å². The minimum Gasteiger partial charge on any atom is -0.462 e. The SMILES string of the molecule is CC/C=C/C/C=C/C/C=C/C/C=C/C/C=C/CCCCCC(=O)O[C@H](COC(=O)CCCCCCC/C=C/C/C=C/CCCCC)CO[C@H]1O[C@H](CS(=O)(=O)O)[C@@H](O)C(O)C1O. The summed E-state index contributed by atoms with van der Waals surface area (Å²) in [5, 5.41) is 30.9. The topological polar surface area (TPSA) is 186 Å². The zero-order valence-corrected chi connectivity index (χ0v) is 38.5. The summed E-state index contributed by atoms with van der Waals surface area (Å²) in [5.41, 5.74) is 0. The standard InChI is InChI=1S/C49H80O12S/c1-3-5-7-9-11-13-15-17-19-20-21-22-24-26-28-30-32-34-36-38-45(51)60-42(40-59-49-48(54)47(53)46(52)43(61-49)41-62(55,56)57)39-58-44(50)37-35-33-31-29-27-25-23-18-16-14-12-10-8-6-4-2/h5,7,11-14,17-19,21-23,26,28,42-43,46-49,52-54H,3-4,6,8-10,15-16,20,24-25,27,29-41H2,1-2H3,(H,55,56,57)/b7-5+,13-11+,14-12+,19-17+,22-21+,23-18+,28-26+/t42-,43-,46-,47?,48?,49+/m1/s1. The summed E-state index contributed by atoms with van der Waals surface area (Å²) in [6.45, 7) is 3.57. The van der Waals surface area contributed by atoms with Crippen LogP contribution in [0.15, 0.2) is 85.1 Å². The highest BCUT2D eigenvalue weighted by atomic mass is 32.2. The summed E-state index contributed by atoms with van der Waals surface area (Å²) in [7, 11) is -4.61. The van der Waals surface area contributed by atoms with Crippen LogP contribution in [0.4, 0.5) is 0 Å². The lowest BCUT2D eigenvalue weighted by molar-refractivity contribution is -0.297. The lowest BCUT2D eigenvalue weighted by Gasteiger charge is -2.40. The van der Waals surface area contributed by atoms with Crippen LogP contribution in [0, 0.1) is 0 Å². The van der Waals surface area contributed by atoms with E-state index < -0.39 is 71.2 Å². The number of esters is 2. The van der Waals surface area contributed by atoms with Crippen molar-refractivity contribution in [3.63, 3.8) is 0 Å². The van der Waals surface area contributed by atoms with Crippen LogP contribution in [-0.4, -0.2) is 96.0 Å². The summed E-state index contributed by atoms with van der Waals surface area (Å²) in [6.07, 6.45) is 40.5. The summed E-state index contributed by atoms with van der Waals surface area (Å²) in [6, 6.07) is 0. The average Bonchev–Trinajstić information content (AvgIpc) is 3.24. The molecular formula is C49H80O12S. The number of aliphatic hydroxyl groups is 3. The average molecular weight is 893 g/mol. The van der Waals surface area contributed by atoms with E-state index in [2.05, 4.69) is 98.9 Å². The zero-order chi connectivity index (χ0) is 45.5. The van der Waals surface area contributed by atoms with Crippen molar-refractivity contribution < 1.29 is 56.8 Å². The van der Waals surface area contributed by atoms with E-state index in [1.165, 1.54) is 19.3 Å². The second kappa shape index (κ2) is 38.3. The molecular weight excluding hydrogens is 813 g/mol. The predicted octanol–water partition coefficient (Wildman–Crippen LogP) is 9.67. The molecule has 1 heterocycles. The van der Waals surface area contributed by atoms with Gasteiger partial charge in [-0.25, -0.2) is 0 Å². The highest BCUT2D eigenvalue weighted by molar-refractivity contribution is 7.85. The van der Waals surface area contributed by atoms with Gasteiger partial charge in [-0.3, -0.25) is 14.1 Å². The molecule has 2 unspecified atom stereocenters. The Labute approximate surface area is 373 Å². The molecule has 1 aliphatic heterocycles. The van der Waals surface area contributed by atoms with Crippen molar-refractivity contribution in [1.82, 2.24) is 0 Å². The van der Waals surface area contributed by atoms with E-state index in [1.807, 2.05) is 0 Å². The van der Waals surface area contributed by atoms with Crippen LogP contribution in [0.3, 0.4) is 0 Å². The summed E-state index contributed by atoms with van der Waals surface area (Å²) in [4.78, 5) is 25.4. The maximum atomic E-state index is 12.8. The van der Waals surface area contributed by atoms with Crippen LogP contribution < -0.4 is 0 Å². The fraction of sp³-hybridized carbons (Fsp3) is 0.673. The smallest absolute Gasteiger partial charge is 0.306 e. The molecule has 6 atom stereocenters. The number of hydrogen-bond acceptors (Lipinski definition) is 11. The van der Waals surface area contributed by atoms with Gasteiger partial charge in [0.1, 0.15) is 36.8 Å². The van der Waals surface area contributed by atoms with E-state index in [4.69, 9.17) is 18.9 Å². The van der Waals surface area contributed by atoms with Gasteiger partial charge in [0.05, 0.1) is 6.61 Å². The van der Waals surface area contributed by atoms with E-state index in [0.717, 1.165) is 96.3 Å². The van der Waals surface area contributed by atoms with Gasteiger partial charge in [-0.1, -0.05) is 137 Å². The highest BCUT2D eigenvalue weighted by Crippen LogP contribution is 2.24. The van der Waals surface area contributed by atoms with E-state index in [9.17, 15) is 37.9 Å². The zero-order valence-electron chi connectivity index (χ0n) is 37.7. The molecule has 0 radical (unpaired) electrons. The van der Waals surface area contributed by atoms with Gasteiger partial charge in [0, 0.05) is 12.8 Å². The Balaban J connectivity index is 2.48. The molecule has 1 saturated heterocycles. The molecule has 62 heavy (non-hydrogen) atoms. The maximum absolute atomic E-state index is 12.8. The fourth-order valence-electron chi connectivity index (χ4n) is 6.38. The molecule has 0 aromatic carbocycles. The third kappa shape index (κ3) is 32.5. The molecule has 1 rings (SSSR count). The first-order chi connectivity index (χ1) is 30.0. The molecule has 0 amide bonds. The highest BCUT2D eigenvalue weighted by Gasteiger charge is 2.46. The van der Waals surface area contributed by atoms with Crippen LogP contribution in [0.2, 0.25) is 0 Å². The Kier molecular flexibility index (Phi) is 35.1. The van der Waals surface area contributed by atoms with Gasteiger partial charge >= 0.3 is 11.9 Å². The number of rotatable bonds is 37. The molecule has 0 aliphatic carbocycles. The van der Waals surface area contributed by atoms with Gasteiger partial charge in [0.2, 0.25) is 0 Å². The number of ether oxygens (including phenoxy) is 4. The first kappa shape index (κ1) is 56.8. The second-order valence-corrected chi connectivity index (χ2v) is 17.2. The number of allylic oxidation sites excluding steroid dienone is 14. The van der Waals surface area contributed by atoms with Gasteiger partial charge in [0.15, 0.2) is 12.4 Å². The molecule has 0 spiro atoms. The molecule has 13 heteroatoms. The molecule has 0 bridgehead atoms. The third-order valence-corrected chi connectivity index (χ3v) is 10.7. The second-order valence-electron chi connectivity index (χ2n) is 15.7. The van der Waals surface area contributed by atoms with Crippen molar-refractivity contribution in [1.29, 1.82) is 0 Å². The normalized spacial score (nSPS) is 20.6. The molecule has 1 fully saturated rings. The monoisotopic (exact) mass is 893 g/mol. The molecule has 354 valence electrons. The first-order valence-corrected chi connectivity index (χ1v) is 24.8. The number of carbonyl (C=O) groups is 2. The van der Waals surface area contributed by atoms with Crippen molar-refractivity contribution in [3.8, 4) is 0 Å². The minimum absolute atomic E-state index is 0.117. The Morgan fingerprint density at radius 2 is 1.02 bits per heavy atom. The van der Waals surface area contributed by atoms with Crippen LogP contribution in [0.25, 0.3) is 0 Å². The van der Waals surface area contributed by atoms with Crippen LogP contribution >= 0.6 is 0 Å². The number of hydrogen-bond donors (Lipinski definition) is 4. The lowest BCUT2D eigenvalue weighted by Crippen LogP contribution is -2.60. The summed E-state index contributed by atoms with van der Waals surface area (Å²) >= 11 is 0. The van der Waals surface area contributed by atoms with Gasteiger partial charge < -0.3 is 34.3 Å². The predicted molar refractivity (Wildman–Crippen MR) is 247 cm³/mol. The van der Waals surface area contributed by atoms with Crippen molar-refractivity contribution in [2.45, 2.75) is 192 Å². The molecule has 0 saturated carbocycles.